The van der Waals surface area contributed by atoms with Crippen LogP contribution in [0.2, 0.25) is 0 Å². The van der Waals surface area contributed by atoms with Gasteiger partial charge in [0.05, 0.1) is 6.54 Å². The van der Waals surface area contributed by atoms with Crippen LogP contribution in [0.25, 0.3) is 0 Å². The highest BCUT2D eigenvalue weighted by molar-refractivity contribution is 5.48. The first-order chi connectivity index (χ1) is 10.2. The number of hydrogen-bond acceptors (Lipinski definition) is 4. The minimum atomic E-state index is 0.536. The monoisotopic (exact) mass is 285 g/mol. The van der Waals surface area contributed by atoms with Crippen molar-refractivity contribution in [3.05, 3.63) is 42.5 Å². The lowest BCUT2D eigenvalue weighted by Crippen LogP contribution is -2.27. The van der Waals surface area contributed by atoms with E-state index < -0.39 is 0 Å². The quantitative estimate of drug-likeness (QED) is 0.844. The Hall–Kier alpha value is -1.88. The average Bonchev–Trinajstić information content (AvgIpc) is 3.16. The molecule has 2 aromatic rings. The molecule has 0 N–H and O–H groups in total. The Kier molecular flexibility index (Phi) is 4.20. The number of benzene rings is 1. The first-order valence-electron chi connectivity index (χ1n) is 7.58. The lowest BCUT2D eigenvalue weighted by atomic mass is 10.0. The number of likely N-dealkylation sites (tertiary alicyclic amines) is 1. The van der Waals surface area contributed by atoms with Crippen LogP contribution < -0.4 is 4.90 Å². The molecule has 5 heteroatoms. The maximum atomic E-state index is 4.18. The van der Waals surface area contributed by atoms with Crippen LogP contribution in [0.4, 0.5) is 5.69 Å². The summed E-state index contributed by atoms with van der Waals surface area (Å²) < 4.78 is 1.91. The first kappa shape index (κ1) is 14.1. The smallest absolute Gasteiger partial charge is 0.137 e. The van der Waals surface area contributed by atoms with Gasteiger partial charge in [0.2, 0.25) is 0 Å². The van der Waals surface area contributed by atoms with Crippen molar-refractivity contribution in [3.63, 3.8) is 0 Å². The molecule has 0 amide bonds. The van der Waals surface area contributed by atoms with E-state index in [4.69, 9.17) is 0 Å². The topological polar surface area (TPSA) is 37.2 Å². The van der Waals surface area contributed by atoms with Gasteiger partial charge in [-0.2, -0.15) is 5.10 Å². The van der Waals surface area contributed by atoms with Crippen LogP contribution in [0.5, 0.6) is 0 Å². The molecule has 2 heterocycles. The van der Waals surface area contributed by atoms with Gasteiger partial charge in [-0.3, -0.25) is 9.58 Å². The maximum absolute atomic E-state index is 4.18. The van der Waals surface area contributed by atoms with Gasteiger partial charge >= 0.3 is 0 Å². The Morgan fingerprint density at radius 2 is 2.19 bits per heavy atom. The first-order valence-corrected chi connectivity index (χ1v) is 7.58. The van der Waals surface area contributed by atoms with Crippen molar-refractivity contribution in [1.29, 1.82) is 0 Å². The molecule has 0 spiro atoms. The van der Waals surface area contributed by atoms with Crippen LogP contribution in [0.1, 0.15) is 24.4 Å². The SMILES string of the molecule is CN(C)c1cccc([C@@H]2CCCN2CCn2cncn2)c1. The Balaban J connectivity index is 1.70. The Morgan fingerprint density at radius 1 is 1.29 bits per heavy atom. The molecular formula is C16H23N5. The summed E-state index contributed by atoms with van der Waals surface area (Å²) in [5, 5.41) is 4.18. The van der Waals surface area contributed by atoms with Crippen LogP contribution in [0.15, 0.2) is 36.9 Å². The van der Waals surface area contributed by atoms with E-state index in [9.17, 15) is 0 Å². The molecule has 1 aromatic carbocycles. The standard InChI is InChI=1S/C16H23N5/c1-19(2)15-6-3-5-14(11-15)16-7-4-8-20(16)9-10-21-13-17-12-18-21/h3,5-6,11-13,16H,4,7-10H2,1-2H3/t16-/m0/s1. The summed E-state index contributed by atoms with van der Waals surface area (Å²) in [5.74, 6) is 0. The molecule has 0 radical (unpaired) electrons. The lowest BCUT2D eigenvalue weighted by Gasteiger charge is -2.25. The Labute approximate surface area is 126 Å². The Bertz CT molecular complexity index is 564. The highest BCUT2D eigenvalue weighted by atomic mass is 15.3. The zero-order valence-corrected chi connectivity index (χ0v) is 12.8. The molecular weight excluding hydrogens is 262 g/mol. The van der Waals surface area contributed by atoms with Crippen LogP contribution in [-0.4, -0.2) is 46.8 Å². The van der Waals surface area contributed by atoms with Gasteiger partial charge in [-0.15, -0.1) is 0 Å². The second kappa shape index (κ2) is 6.26. The van der Waals surface area contributed by atoms with Crippen molar-refractivity contribution < 1.29 is 0 Å². The van der Waals surface area contributed by atoms with E-state index in [2.05, 4.69) is 58.2 Å². The van der Waals surface area contributed by atoms with Gasteiger partial charge in [-0.05, 0) is 37.1 Å². The van der Waals surface area contributed by atoms with E-state index in [1.54, 1.807) is 12.7 Å². The molecule has 0 saturated carbocycles. The van der Waals surface area contributed by atoms with Gasteiger partial charge in [0.25, 0.3) is 0 Å². The molecule has 1 atom stereocenters. The number of aromatic nitrogens is 3. The fourth-order valence-electron chi connectivity index (χ4n) is 3.06. The minimum absolute atomic E-state index is 0.536. The van der Waals surface area contributed by atoms with Crippen LogP contribution in [0, 0.1) is 0 Å². The predicted octanol–water partition coefficient (Wildman–Crippen LogP) is 2.18. The van der Waals surface area contributed by atoms with Crippen molar-refractivity contribution >= 4 is 5.69 Å². The molecule has 0 unspecified atom stereocenters. The molecule has 0 bridgehead atoms. The van der Waals surface area contributed by atoms with E-state index in [0.717, 1.165) is 13.1 Å². The highest BCUT2D eigenvalue weighted by Crippen LogP contribution is 2.33. The highest BCUT2D eigenvalue weighted by Gasteiger charge is 2.25. The van der Waals surface area contributed by atoms with Crippen LogP contribution in [-0.2, 0) is 6.54 Å². The molecule has 1 saturated heterocycles. The zero-order valence-electron chi connectivity index (χ0n) is 12.8. The van der Waals surface area contributed by atoms with E-state index in [0.29, 0.717) is 6.04 Å². The summed E-state index contributed by atoms with van der Waals surface area (Å²) >= 11 is 0. The van der Waals surface area contributed by atoms with Crippen molar-refractivity contribution in [2.24, 2.45) is 0 Å². The molecule has 5 nitrogen and oxygen atoms in total. The van der Waals surface area contributed by atoms with Gasteiger partial charge in [-0.25, -0.2) is 4.98 Å². The second-order valence-electron chi connectivity index (χ2n) is 5.84. The van der Waals surface area contributed by atoms with Crippen molar-refractivity contribution in [3.8, 4) is 0 Å². The third-order valence-electron chi connectivity index (χ3n) is 4.22. The largest absolute Gasteiger partial charge is 0.378 e. The molecule has 0 aliphatic carbocycles. The van der Waals surface area contributed by atoms with Crippen molar-refractivity contribution in [2.45, 2.75) is 25.4 Å². The van der Waals surface area contributed by atoms with E-state index >= 15 is 0 Å². The summed E-state index contributed by atoms with van der Waals surface area (Å²) in [4.78, 5) is 8.73. The molecule has 1 aromatic heterocycles. The van der Waals surface area contributed by atoms with Gasteiger partial charge < -0.3 is 4.90 Å². The number of rotatable bonds is 5. The number of anilines is 1. The summed E-state index contributed by atoms with van der Waals surface area (Å²) in [6.45, 7) is 3.11. The Morgan fingerprint density at radius 3 is 2.95 bits per heavy atom. The van der Waals surface area contributed by atoms with Gasteiger partial charge in [0.1, 0.15) is 12.7 Å². The molecule has 1 aliphatic heterocycles. The van der Waals surface area contributed by atoms with Gasteiger partial charge in [0, 0.05) is 32.4 Å². The van der Waals surface area contributed by atoms with Crippen molar-refractivity contribution in [1.82, 2.24) is 19.7 Å². The normalized spacial score (nSPS) is 19.0. The summed E-state index contributed by atoms with van der Waals surface area (Å²) in [7, 11) is 4.19. The molecule has 21 heavy (non-hydrogen) atoms. The van der Waals surface area contributed by atoms with Crippen LogP contribution in [0.3, 0.4) is 0 Å². The fourth-order valence-corrected chi connectivity index (χ4v) is 3.06. The fraction of sp³-hybridized carbons (Fsp3) is 0.500. The number of nitrogens with zero attached hydrogens (tertiary/aromatic N) is 5. The summed E-state index contributed by atoms with van der Waals surface area (Å²) in [5.41, 5.74) is 2.70. The lowest BCUT2D eigenvalue weighted by molar-refractivity contribution is 0.243. The molecule has 112 valence electrons. The van der Waals surface area contributed by atoms with Crippen molar-refractivity contribution in [2.75, 3.05) is 32.1 Å². The van der Waals surface area contributed by atoms with E-state index in [1.165, 1.54) is 30.6 Å². The average molecular weight is 285 g/mol. The molecule has 1 fully saturated rings. The maximum Gasteiger partial charge on any atom is 0.137 e. The van der Waals surface area contributed by atoms with Crippen LogP contribution >= 0.6 is 0 Å². The predicted molar refractivity (Wildman–Crippen MR) is 84.3 cm³/mol. The molecule has 3 rings (SSSR count). The third-order valence-corrected chi connectivity index (χ3v) is 4.22. The zero-order chi connectivity index (χ0) is 14.7. The summed E-state index contributed by atoms with van der Waals surface area (Å²) in [6, 6.07) is 9.44. The molecule has 1 aliphatic rings. The van der Waals surface area contributed by atoms with E-state index in [-0.39, 0.29) is 0 Å². The van der Waals surface area contributed by atoms with E-state index in [1.807, 2.05) is 4.68 Å². The van der Waals surface area contributed by atoms with Gasteiger partial charge in [-0.1, -0.05) is 12.1 Å². The minimum Gasteiger partial charge on any atom is -0.378 e. The summed E-state index contributed by atoms with van der Waals surface area (Å²) in [6.07, 6.45) is 5.90. The van der Waals surface area contributed by atoms with Gasteiger partial charge in [0.15, 0.2) is 0 Å². The number of hydrogen-bond donors (Lipinski definition) is 0. The third kappa shape index (κ3) is 3.24. The second-order valence-corrected chi connectivity index (χ2v) is 5.84.